The molecule has 0 spiro atoms. The van der Waals surface area contributed by atoms with Crippen molar-refractivity contribution in [2.75, 3.05) is 25.5 Å². The fourth-order valence-electron chi connectivity index (χ4n) is 4.24. The Hall–Kier alpha value is -2.43. The first-order valence-electron chi connectivity index (χ1n) is 10.5. The predicted octanol–water partition coefficient (Wildman–Crippen LogP) is 4.56. The van der Waals surface area contributed by atoms with Crippen molar-refractivity contribution in [3.8, 4) is 11.4 Å². The third kappa shape index (κ3) is 5.34. The van der Waals surface area contributed by atoms with Crippen LogP contribution in [0.1, 0.15) is 51.8 Å². The largest absolute Gasteiger partial charge is 0.362 e. The van der Waals surface area contributed by atoms with E-state index < -0.39 is 0 Å². The lowest BCUT2D eigenvalue weighted by Crippen LogP contribution is -2.38. The van der Waals surface area contributed by atoms with Crippen molar-refractivity contribution in [3.05, 3.63) is 41.6 Å². The highest BCUT2D eigenvalue weighted by molar-refractivity contribution is 5.77. The van der Waals surface area contributed by atoms with E-state index in [1.807, 2.05) is 54.2 Å². The molecule has 0 bridgehead atoms. The number of amides is 1. The topological polar surface area (TPSA) is 49.3 Å². The van der Waals surface area contributed by atoms with Gasteiger partial charge in [-0.1, -0.05) is 58.0 Å². The second-order valence-corrected chi connectivity index (χ2v) is 9.70. The summed E-state index contributed by atoms with van der Waals surface area (Å²) in [6.07, 6.45) is 2.43. The molecule has 29 heavy (non-hydrogen) atoms. The molecule has 3 rings (SSSR count). The molecule has 5 nitrogen and oxygen atoms in total. The first-order chi connectivity index (χ1) is 13.6. The van der Waals surface area contributed by atoms with Crippen LogP contribution in [0.3, 0.4) is 0 Å². The molecule has 5 heteroatoms. The molecule has 1 aromatic heterocycles. The van der Waals surface area contributed by atoms with Crippen molar-refractivity contribution in [2.24, 2.45) is 11.3 Å². The second kappa shape index (κ2) is 8.52. The number of nitrogens with zero attached hydrogens (tertiary/aromatic N) is 4. The smallest absolute Gasteiger partial charge is 0.223 e. The molecule has 1 aliphatic heterocycles. The summed E-state index contributed by atoms with van der Waals surface area (Å²) in [5.41, 5.74) is 3.41. The normalized spacial score (nSPS) is 15.0. The van der Waals surface area contributed by atoms with E-state index >= 15 is 0 Å². The molecule has 0 unspecified atom stereocenters. The molecule has 2 heterocycles. The van der Waals surface area contributed by atoms with Crippen LogP contribution in [0, 0.1) is 11.3 Å². The Morgan fingerprint density at radius 1 is 1.17 bits per heavy atom. The molecule has 1 aromatic carbocycles. The van der Waals surface area contributed by atoms with Crippen LogP contribution in [0.25, 0.3) is 11.4 Å². The van der Waals surface area contributed by atoms with Crippen LogP contribution in [0.2, 0.25) is 0 Å². The van der Waals surface area contributed by atoms with Gasteiger partial charge in [-0.25, -0.2) is 9.97 Å². The summed E-state index contributed by atoms with van der Waals surface area (Å²) in [6.45, 7) is 10.2. The quantitative estimate of drug-likeness (QED) is 0.746. The van der Waals surface area contributed by atoms with Gasteiger partial charge in [0, 0.05) is 44.6 Å². The highest BCUT2D eigenvalue weighted by Gasteiger charge is 2.28. The molecule has 0 N–H and O–H groups in total. The van der Waals surface area contributed by atoms with Gasteiger partial charge < -0.3 is 9.80 Å². The Kier molecular flexibility index (Phi) is 6.25. The van der Waals surface area contributed by atoms with Gasteiger partial charge in [-0.15, -0.1) is 0 Å². The summed E-state index contributed by atoms with van der Waals surface area (Å²) in [6, 6.07) is 10.1. The van der Waals surface area contributed by atoms with Gasteiger partial charge in [0.2, 0.25) is 5.91 Å². The summed E-state index contributed by atoms with van der Waals surface area (Å²) in [4.78, 5) is 26.7. The second-order valence-electron chi connectivity index (χ2n) is 9.70. The standard InChI is InChI=1S/C24H34N4O/c1-17(15-24(2,3)4)14-21(29)28-13-12-20-19(16-28)23(27(5)6)26-22(25-20)18-10-8-7-9-11-18/h7-11,17H,12-16H2,1-6H3/t17-/m0/s1. The molecule has 156 valence electrons. The van der Waals surface area contributed by atoms with Crippen molar-refractivity contribution in [1.82, 2.24) is 14.9 Å². The Bertz CT molecular complexity index is 855. The molecular weight excluding hydrogens is 360 g/mol. The maximum Gasteiger partial charge on any atom is 0.223 e. The van der Waals surface area contributed by atoms with Gasteiger partial charge in [0.15, 0.2) is 5.82 Å². The number of benzene rings is 1. The van der Waals surface area contributed by atoms with Gasteiger partial charge in [0.1, 0.15) is 5.82 Å². The van der Waals surface area contributed by atoms with E-state index in [0.29, 0.717) is 18.9 Å². The van der Waals surface area contributed by atoms with E-state index in [4.69, 9.17) is 9.97 Å². The van der Waals surface area contributed by atoms with Crippen molar-refractivity contribution >= 4 is 11.7 Å². The zero-order chi connectivity index (χ0) is 21.2. The molecule has 1 atom stereocenters. The van der Waals surface area contributed by atoms with Crippen LogP contribution in [-0.4, -0.2) is 41.4 Å². The van der Waals surface area contributed by atoms with Gasteiger partial charge in [0.05, 0.1) is 12.2 Å². The van der Waals surface area contributed by atoms with Crippen LogP contribution in [-0.2, 0) is 17.8 Å². The van der Waals surface area contributed by atoms with Crippen LogP contribution in [0.4, 0.5) is 5.82 Å². The Labute approximate surface area is 175 Å². The Morgan fingerprint density at radius 2 is 1.86 bits per heavy atom. The number of hydrogen-bond acceptors (Lipinski definition) is 4. The average Bonchev–Trinajstić information content (AvgIpc) is 2.65. The van der Waals surface area contributed by atoms with Gasteiger partial charge in [0.25, 0.3) is 0 Å². The predicted molar refractivity (Wildman–Crippen MR) is 119 cm³/mol. The van der Waals surface area contributed by atoms with E-state index in [-0.39, 0.29) is 11.3 Å². The average molecular weight is 395 g/mol. The number of fused-ring (bicyclic) bond motifs is 1. The van der Waals surface area contributed by atoms with Crippen molar-refractivity contribution in [1.29, 1.82) is 0 Å². The highest BCUT2D eigenvalue weighted by Crippen LogP contribution is 2.30. The van der Waals surface area contributed by atoms with Crippen molar-refractivity contribution in [2.45, 2.75) is 53.5 Å². The lowest BCUT2D eigenvalue weighted by Gasteiger charge is -2.32. The zero-order valence-corrected chi connectivity index (χ0v) is 18.7. The Morgan fingerprint density at radius 3 is 2.48 bits per heavy atom. The number of rotatable bonds is 5. The molecule has 0 saturated heterocycles. The lowest BCUT2D eigenvalue weighted by molar-refractivity contribution is -0.133. The van der Waals surface area contributed by atoms with Gasteiger partial charge >= 0.3 is 0 Å². The molecule has 0 saturated carbocycles. The van der Waals surface area contributed by atoms with E-state index in [1.54, 1.807) is 0 Å². The molecule has 1 amide bonds. The van der Waals surface area contributed by atoms with Crippen LogP contribution >= 0.6 is 0 Å². The number of carbonyl (C=O) groups excluding carboxylic acids is 1. The zero-order valence-electron chi connectivity index (χ0n) is 18.7. The van der Waals surface area contributed by atoms with Gasteiger partial charge in [-0.05, 0) is 17.8 Å². The third-order valence-corrected chi connectivity index (χ3v) is 5.33. The first-order valence-corrected chi connectivity index (χ1v) is 10.5. The van der Waals surface area contributed by atoms with Crippen molar-refractivity contribution < 1.29 is 4.79 Å². The van der Waals surface area contributed by atoms with Gasteiger partial charge in [-0.2, -0.15) is 0 Å². The third-order valence-electron chi connectivity index (χ3n) is 5.33. The summed E-state index contributed by atoms with van der Waals surface area (Å²) >= 11 is 0. The summed E-state index contributed by atoms with van der Waals surface area (Å²) in [5, 5.41) is 0. The summed E-state index contributed by atoms with van der Waals surface area (Å²) in [7, 11) is 4.01. The van der Waals surface area contributed by atoms with Crippen LogP contribution < -0.4 is 4.90 Å². The molecular formula is C24H34N4O. The minimum Gasteiger partial charge on any atom is -0.362 e. The minimum atomic E-state index is 0.240. The van der Waals surface area contributed by atoms with Crippen LogP contribution in [0.5, 0.6) is 0 Å². The number of hydrogen-bond donors (Lipinski definition) is 0. The SMILES string of the molecule is C[C@@H](CC(=O)N1CCc2nc(-c3ccccc3)nc(N(C)C)c2C1)CC(C)(C)C. The van der Waals surface area contributed by atoms with E-state index in [2.05, 4.69) is 27.7 Å². The van der Waals surface area contributed by atoms with Crippen LogP contribution in [0.15, 0.2) is 30.3 Å². The number of anilines is 1. The summed E-state index contributed by atoms with van der Waals surface area (Å²) < 4.78 is 0. The monoisotopic (exact) mass is 394 g/mol. The summed E-state index contributed by atoms with van der Waals surface area (Å²) in [5.74, 6) is 2.29. The maximum atomic E-state index is 12.9. The van der Waals surface area contributed by atoms with E-state index in [0.717, 1.165) is 47.8 Å². The fraction of sp³-hybridized carbons (Fsp3) is 0.542. The molecule has 0 aliphatic carbocycles. The number of carbonyl (C=O) groups is 1. The van der Waals surface area contributed by atoms with E-state index in [1.165, 1.54) is 0 Å². The van der Waals surface area contributed by atoms with Gasteiger partial charge in [-0.3, -0.25) is 4.79 Å². The molecule has 0 radical (unpaired) electrons. The fourth-order valence-corrected chi connectivity index (χ4v) is 4.24. The lowest BCUT2D eigenvalue weighted by atomic mass is 9.84. The number of aromatic nitrogens is 2. The van der Waals surface area contributed by atoms with Crippen molar-refractivity contribution in [3.63, 3.8) is 0 Å². The Balaban J connectivity index is 1.81. The molecule has 0 fully saturated rings. The minimum absolute atomic E-state index is 0.240. The molecule has 1 aliphatic rings. The first kappa shape index (κ1) is 21.3. The molecule has 2 aromatic rings. The highest BCUT2D eigenvalue weighted by atomic mass is 16.2. The maximum absolute atomic E-state index is 12.9. The van der Waals surface area contributed by atoms with E-state index in [9.17, 15) is 4.79 Å².